The molecular formula is C15H16FNO2S. The molecule has 0 atom stereocenters. The second kappa shape index (κ2) is 5.40. The van der Waals surface area contributed by atoms with Gasteiger partial charge in [-0.15, -0.1) is 11.3 Å². The number of rotatable bonds is 2. The second-order valence-corrected chi connectivity index (χ2v) is 6.01. The molecule has 0 spiro atoms. The molecule has 3 nitrogen and oxygen atoms in total. The van der Waals surface area contributed by atoms with E-state index in [2.05, 4.69) is 0 Å². The van der Waals surface area contributed by atoms with Crippen molar-refractivity contribution < 1.29 is 13.9 Å². The lowest BCUT2D eigenvalue weighted by molar-refractivity contribution is 0.0726. The first-order valence-electron chi connectivity index (χ1n) is 6.76. The first-order chi connectivity index (χ1) is 9.70. The number of thiophene rings is 1. The molecule has 2 aromatic rings. The van der Waals surface area contributed by atoms with Gasteiger partial charge in [-0.3, -0.25) is 4.79 Å². The molecule has 106 valence electrons. The number of amides is 1. The minimum Gasteiger partial charge on any atom is -0.494 e. The lowest BCUT2D eigenvalue weighted by Gasteiger charge is -2.26. The van der Waals surface area contributed by atoms with Gasteiger partial charge < -0.3 is 9.64 Å². The lowest BCUT2D eigenvalue weighted by Crippen LogP contribution is -2.35. The highest BCUT2D eigenvalue weighted by molar-refractivity contribution is 7.21. The van der Waals surface area contributed by atoms with Gasteiger partial charge in [0.1, 0.15) is 16.4 Å². The molecule has 1 aromatic carbocycles. The maximum Gasteiger partial charge on any atom is 0.267 e. The molecule has 3 rings (SSSR count). The number of ether oxygens (including phenoxy) is 1. The van der Waals surface area contributed by atoms with E-state index in [9.17, 15) is 9.18 Å². The molecule has 0 radical (unpaired) electrons. The van der Waals surface area contributed by atoms with Crippen LogP contribution in [0.1, 0.15) is 28.9 Å². The highest BCUT2D eigenvalue weighted by atomic mass is 32.1. The van der Waals surface area contributed by atoms with Gasteiger partial charge in [-0.05, 0) is 37.5 Å². The van der Waals surface area contributed by atoms with Crippen molar-refractivity contribution in [2.75, 3.05) is 20.2 Å². The summed E-state index contributed by atoms with van der Waals surface area (Å²) in [6.45, 7) is 1.59. The van der Waals surface area contributed by atoms with Crippen LogP contribution in [0.15, 0.2) is 18.2 Å². The maximum atomic E-state index is 13.4. The van der Waals surface area contributed by atoms with Gasteiger partial charge in [-0.2, -0.15) is 0 Å². The zero-order chi connectivity index (χ0) is 14.1. The highest BCUT2D eigenvalue weighted by Crippen LogP contribution is 2.39. The molecule has 0 bridgehead atoms. The Morgan fingerprint density at radius 2 is 2.05 bits per heavy atom. The Kier molecular flexibility index (Phi) is 3.61. The van der Waals surface area contributed by atoms with Gasteiger partial charge in [-0.25, -0.2) is 4.39 Å². The summed E-state index contributed by atoms with van der Waals surface area (Å²) < 4.78 is 19.6. The van der Waals surface area contributed by atoms with Gasteiger partial charge in [0.05, 0.1) is 7.11 Å². The largest absolute Gasteiger partial charge is 0.494 e. The van der Waals surface area contributed by atoms with Gasteiger partial charge in [0.2, 0.25) is 0 Å². The third kappa shape index (κ3) is 2.26. The van der Waals surface area contributed by atoms with E-state index in [-0.39, 0.29) is 11.7 Å². The minimum absolute atomic E-state index is 0.00292. The lowest BCUT2D eigenvalue weighted by atomic mass is 10.1. The summed E-state index contributed by atoms with van der Waals surface area (Å²) >= 11 is 1.38. The fourth-order valence-corrected chi connectivity index (χ4v) is 3.75. The number of benzene rings is 1. The molecule has 20 heavy (non-hydrogen) atoms. The van der Waals surface area contributed by atoms with Crippen molar-refractivity contribution in [3.8, 4) is 5.75 Å². The molecule has 1 aliphatic rings. The van der Waals surface area contributed by atoms with Crippen molar-refractivity contribution in [3.63, 3.8) is 0 Å². The molecular weight excluding hydrogens is 277 g/mol. The Morgan fingerprint density at radius 3 is 2.75 bits per heavy atom. The molecule has 2 heterocycles. The predicted molar refractivity (Wildman–Crippen MR) is 78.1 cm³/mol. The first kappa shape index (κ1) is 13.4. The van der Waals surface area contributed by atoms with E-state index >= 15 is 0 Å². The Balaban J connectivity index is 2.03. The molecule has 1 saturated heterocycles. The zero-order valence-electron chi connectivity index (χ0n) is 11.3. The van der Waals surface area contributed by atoms with Crippen molar-refractivity contribution in [1.29, 1.82) is 0 Å². The number of carbonyl (C=O) groups excluding carboxylic acids is 1. The van der Waals surface area contributed by atoms with Gasteiger partial charge >= 0.3 is 0 Å². The molecule has 0 aliphatic carbocycles. The van der Waals surface area contributed by atoms with E-state index in [0.29, 0.717) is 16.0 Å². The number of hydrogen-bond acceptors (Lipinski definition) is 3. The molecule has 0 saturated carbocycles. The van der Waals surface area contributed by atoms with E-state index < -0.39 is 0 Å². The predicted octanol–water partition coefficient (Wildman–Crippen LogP) is 3.68. The summed E-state index contributed by atoms with van der Waals surface area (Å²) in [7, 11) is 1.53. The van der Waals surface area contributed by atoms with Crippen LogP contribution in [0, 0.1) is 5.82 Å². The quantitative estimate of drug-likeness (QED) is 0.845. The van der Waals surface area contributed by atoms with E-state index in [1.165, 1.54) is 37.0 Å². The summed E-state index contributed by atoms with van der Waals surface area (Å²) in [4.78, 5) is 15.0. The summed E-state index contributed by atoms with van der Waals surface area (Å²) in [5, 5.41) is 0.679. The fourth-order valence-electron chi connectivity index (χ4n) is 2.63. The number of hydrogen-bond donors (Lipinski definition) is 0. The van der Waals surface area contributed by atoms with Crippen LogP contribution in [-0.2, 0) is 0 Å². The monoisotopic (exact) mass is 293 g/mol. The van der Waals surface area contributed by atoms with Crippen molar-refractivity contribution >= 4 is 27.3 Å². The van der Waals surface area contributed by atoms with Crippen molar-refractivity contribution in [1.82, 2.24) is 4.90 Å². The van der Waals surface area contributed by atoms with Crippen molar-refractivity contribution in [3.05, 3.63) is 28.9 Å². The van der Waals surface area contributed by atoms with Crippen LogP contribution in [0.2, 0.25) is 0 Å². The third-order valence-corrected chi connectivity index (χ3v) is 4.79. The van der Waals surface area contributed by atoms with E-state index in [1.807, 2.05) is 4.90 Å². The number of nitrogens with zero attached hydrogens (tertiary/aromatic N) is 1. The van der Waals surface area contributed by atoms with Crippen LogP contribution < -0.4 is 4.74 Å². The Hall–Kier alpha value is -1.62. The van der Waals surface area contributed by atoms with Gasteiger partial charge in [0.15, 0.2) is 0 Å². The topological polar surface area (TPSA) is 29.5 Å². The minimum atomic E-state index is -0.314. The number of piperidine rings is 1. The van der Waals surface area contributed by atoms with E-state index in [1.54, 1.807) is 6.07 Å². The van der Waals surface area contributed by atoms with Crippen LogP contribution in [0.3, 0.4) is 0 Å². The van der Waals surface area contributed by atoms with Crippen LogP contribution in [0.5, 0.6) is 5.75 Å². The average molecular weight is 293 g/mol. The van der Waals surface area contributed by atoms with E-state index in [4.69, 9.17) is 4.74 Å². The van der Waals surface area contributed by atoms with E-state index in [0.717, 1.165) is 30.6 Å². The number of carbonyl (C=O) groups is 1. The summed E-state index contributed by atoms with van der Waals surface area (Å²) in [6.07, 6.45) is 3.28. The van der Waals surface area contributed by atoms with Crippen LogP contribution in [0.4, 0.5) is 4.39 Å². The smallest absolute Gasteiger partial charge is 0.267 e. The second-order valence-electron chi connectivity index (χ2n) is 4.96. The molecule has 1 aromatic heterocycles. The summed E-state index contributed by atoms with van der Waals surface area (Å²) in [5.41, 5.74) is 0. The normalized spacial score (nSPS) is 15.6. The number of methoxy groups -OCH3 is 1. The summed E-state index contributed by atoms with van der Waals surface area (Å²) in [6, 6.07) is 4.54. The zero-order valence-corrected chi connectivity index (χ0v) is 12.1. The molecule has 0 unspecified atom stereocenters. The Morgan fingerprint density at radius 1 is 1.30 bits per heavy atom. The maximum absolute atomic E-state index is 13.4. The van der Waals surface area contributed by atoms with Gasteiger partial charge in [-0.1, -0.05) is 0 Å². The molecule has 1 aliphatic heterocycles. The fraction of sp³-hybridized carbons (Fsp3) is 0.400. The van der Waals surface area contributed by atoms with Crippen LogP contribution >= 0.6 is 11.3 Å². The number of fused-ring (bicyclic) bond motifs is 1. The molecule has 5 heteroatoms. The number of halogens is 1. The van der Waals surface area contributed by atoms with Crippen LogP contribution in [0.25, 0.3) is 10.1 Å². The van der Waals surface area contributed by atoms with Crippen LogP contribution in [-0.4, -0.2) is 31.0 Å². The summed E-state index contributed by atoms with van der Waals surface area (Å²) in [5.74, 6) is 0.189. The molecule has 1 amide bonds. The van der Waals surface area contributed by atoms with Gasteiger partial charge in [0.25, 0.3) is 5.91 Å². The molecule has 0 N–H and O–H groups in total. The Bertz CT molecular complexity index is 647. The number of likely N-dealkylation sites (tertiary alicyclic amines) is 1. The highest BCUT2D eigenvalue weighted by Gasteiger charge is 2.25. The third-order valence-electron chi connectivity index (χ3n) is 3.65. The van der Waals surface area contributed by atoms with Crippen molar-refractivity contribution in [2.45, 2.75) is 19.3 Å². The SMILES string of the molecule is COc1c(C(=O)N2CCCCC2)sc2ccc(F)cc12. The van der Waals surface area contributed by atoms with Gasteiger partial charge in [0, 0.05) is 23.2 Å². The standard InChI is InChI=1S/C15H16FNO2S/c1-19-13-11-9-10(16)5-6-12(11)20-14(13)15(18)17-7-3-2-4-8-17/h5-6,9H,2-4,7-8H2,1H3. The molecule has 1 fully saturated rings. The first-order valence-corrected chi connectivity index (χ1v) is 7.57. The Labute approximate surface area is 121 Å². The van der Waals surface area contributed by atoms with Crippen molar-refractivity contribution in [2.24, 2.45) is 0 Å². The average Bonchev–Trinajstić information content (AvgIpc) is 2.85.